The molecule has 0 amide bonds. The first-order valence-electron chi connectivity index (χ1n) is 4.34. The molecule has 0 aromatic carbocycles. The molecule has 4 nitrogen and oxygen atoms in total. The monoisotopic (exact) mass is 254 g/mol. The van der Waals surface area contributed by atoms with E-state index >= 15 is 0 Å². The Morgan fingerprint density at radius 2 is 2.21 bits per heavy atom. The Balaban J connectivity index is 2.22. The fourth-order valence-corrected chi connectivity index (χ4v) is 1.70. The van der Waals surface area contributed by atoms with Crippen molar-refractivity contribution < 1.29 is 0 Å². The van der Waals surface area contributed by atoms with Gasteiger partial charge in [-0.1, -0.05) is 0 Å². The Labute approximate surface area is 90.7 Å². The third-order valence-electron chi connectivity index (χ3n) is 1.98. The summed E-state index contributed by atoms with van der Waals surface area (Å²) in [5, 5.41) is 8.53. The molecule has 0 aliphatic heterocycles. The van der Waals surface area contributed by atoms with Crippen LogP contribution in [0.5, 0.6) is 0 Å². The fraction of sp³-hybridized carbons (Fsp3) is 0.333. The standard InChI is InChI=1S/C9H11BrN4/c1-7-3-8(2)14(12-7)6-13-5-9(10)4-11-13/h3-5H,6H2,1-2H3. The highest BCUT2D eigenvalue weighted by molar-refractivity contribution is 9.10. The van der Waals surface area contributed by atoms with Crippen molar-refractivity contribution in [2.75, 3.05) is 0 Å². The lowest BCUT2D eigenvalue weighted by Gasteiger charge is -2.03. The van der Waals surface area contributed by atoms with E-state index in [1.54, 1.807) is 6.20 Å². The molecule has 2 heterocycles. The van der Waals surface area contributed by atoms with E-state index in [0.717, 1.165) is 15.9 Å². The molecule has 0 bridgehead atoms. The first kappa shape index (κ1) is 9.45. The minimum Gasteiger partial charge on any atom is -0.250 e. The van der Waals surface area contributed by atoms with Gasteiger partial charge in [-0.25, -0.2) is 9.36 Å². The fourth-order valence-electron chi connectivity index (χ4n) is 1.37. The maximum atomic E-state index is 4.36. The highest BCUT2D eigenvalue weighted by atomic mass is 79.9. The second kappa shape index (κ2) is 3.57. The maximum Gasteiger partial charge on any atom is 0.133 e. The van der Waals surface area contributed by atoms with Crippen molar-refractivity contribution in [2.45, 2.75) is 20.5 Å². The van der Waals surface area contributed by atoms with Crippen LogP contribution in [-0.4, -0.2) is 19.6 Å². The van der Waals surface area contributed by atoms with E-state index in [1.165, 1.54) is 0 Å². The summed E-state index contributed by atoms with van der Waals surface area (Å²) in [5.41, 5.74) is 2.18. The van der Waals surface area contributed by atoms with Gasteiger partial charge in [0.2, 0.25) is 0 Å². The Morgan fingerprint density at radius 1 is 1.43 bits per heavy atom. The molecule has 0 saturated carbocycles. The molecule has 5 heteroatoms. The second-order valence-corrected chi connectivity index (χ2v) is 4.18. The molecule has 2 aromatic rings. The van der Waals surface area contributed by atoms with Gasteiger partial charge in [0.1, 0.15) is 6.67 Å². The summed E-state index contributed by atoms with van der Waals surface area (Å²) < 4.78 is 4.75. The van der Waals surface area contributed by atoms with Crippen LogP contribution in [0.25, 0.3) is 0 Å². The quantitative estimate of drug-likeness (QED) is 0.822. The van der Waals surface area contributed by atoms with Gasteiger partial charge in [0.05, 0.1) is 16.4 Å². The minimum atomic E-state index is 0.658. The van der Waals surface area contributed by atoms with Crippen molar-refractivity contribution in [3.05, 3.63) is 34.3 Å². The zero-order valence-corrected chi connectivity index (χ0v) is 9.69. The molecule has 14 heavy (non-hydrogen) atoms. The molecule has 0 N–H and O–H groups in total. The van der Waals surface area contributed by atoms with Gasteiger partial charge in [0, 0.05) is 11.9 Å². The average Bonchev–Trinajstić information content (AvgIpc) is 2.61. The van der Waals surface area contributed by atoms with Crippen LogP contribution in [0.2, 0.25) is 0 Å². The highest BCUT2D eigenvalue weighted by Crippen LogP contribution is 2.07. The van der Waals surface area contributed by atoms with Crippen molar-refractivity contribution in [3.63, 3.8) is 0 Å². The summed E-state index contributed by atoms with van der Waals surface area (Å²) in [6.45, 7) is 4.69. The number of aromatic nitrogens is 4. The molecule has 0 aliphatic rings. The first-order chi connectivity index (χ1) is 6.65. The molecule has 0 radical (unpaired) electrons. The molecular formula is C9H11BrN4. The third kappa shape index (κ3) is 1.87. The summed E-state index contributed by atoms with van der Waals surface area (Å²) in [5.74, 6) is 0. The molecule has 0 saturated heterocycles. The van der Waals surface area contributed by atoms with E-state index in [-0.39, 0.29) is 0 Å². The Kier molecular flexibility index (Phi) is 2.41. The molecule has 2 aromatic heterocycles. The zero-order valence-electron chi connectivity index (χ0n) is 8.11. The topological polar surface area (TPSA) is 35.6 Å². The first-order valence-corrected chi connectivity index (χ1v) is 5.13. The van der Waals surface area contributed by atoms with E-state index in [9.17, 15) is 0 Å². The Morgan fingerprint density at radius 3 is 2.71 bits per heavy atom. The van der Waals surface area contributed by atoms with Crippen LogP contribution in [0.15, 0.2) is 22.9 Å². The molecule has 2 rings (SSSR count). The number of aryl methyl sites for hydroxylation is 2. The summed E-state index contributed by atoms with van der Waals surface area (Å²) >= 11 is 3.36. The normalized spacial score (nSPS) is 10.8. The summed E-state index contributed by atoms with van der Waals surface area (Å²) in [4.78, 5) is 0. The van der Waals surface area contributed by atoms with Crippen molar-refractivity contribution in [3.8, 4) is 0 Å². The smallest absolute Gasteiger partial charge is 0.133 e. The van der Waals surface area contributed by atoms with Gasteiger partial charge in [0.15, 0.2) is 0 Å². The third-order valence-corrected chi connectivity index (χ3v) is 2.39. The maximum absolute atomic E-state index is 4.36. The number of nitrogens with zero attached hydrogens (tertiary/aromatic N) is 4. The van der Waals surface area contributed by atoms with E-state index in [1.807, 2.05) is 29.4 Å². The van der Waals surface area contributed by atoms with Gasteiger partial charge < -0.3 is 0 Å². The number of hydrogen-bond donors (Lipinski definition) is 0. The van der Waals surface area contributed by atoms with E-state index in [0.29, 0.717) is 6.67 Å². The van der Waals surface area contributed by atoms with Crippen molar-refractivity contribution in [1.82, 2.24) is 19.6 Å². The van der Waals surface area contributed by atoms with Gasteiger partial charge >= 0.3 is 0 Å². The second-order valence-electron chi connectivity index (χ2n) is 3.27. The molecule has 0 atom stereocenters. The molecule has 0 aliphatic carbocycles. The minimum absolute atomic E-state index is 0.658. The summed E-state index contributed by atoms with van der Waals surface area (Å²) in [6.07, 6.45) is 3.70. The predicted molar refractivity (Wildman–Crippen MR) is 57.0 cm³/mol. The average molecular weight is 255 g/mol. The number of halogens is 1. The van der Waals surface area contributed by atoms with Crippen LogP contribution >= 0.6 is 15.9 Å². The largest absolute Gasteiger partial charge is 0.250 e. The molecule has 0 spiro atoms. The molecule has 0 fully saturated rings. The van der Waals surface area contributed by atoms with Gasteiger partial charge in [-0.2, -0.15) is 10.2 Å². The van der Waals surface area contributed by atoms with Gasteiger partial charge in [-0.3, -0.25) is 0 Å². The Hall–Kier alpha value is -1.10. The Bertz CT molecular complexity index is 443. The van der Waals surface area contributed by atoms with Crippen molar-refractivity contribution in [2.24, 2.45) is 0 Å². The molecule has 0 unspecified atom stereocenters. The lowest BCUT2D eigenvalue weighted by molar-refractivity contribution is 0.491. The highest BCUT2D eigenvalue weighted by Gasteiger charge is 2.01. The zero-order chi connectivity index (χ0) is 10.1. The molecular weight excluding hydrogens is 244 g/mol. The lowest BCUT2D eigenvalue weighted by atomic mass is 10.4. The van der Waals surface area contributed by atoms with Crippen LogP contribution in [0.3, 0.4) is 0 Å². The molecule has 74 valence electrons. The van der Waals surface area contributed by atoms with Crippen molar-refractivity contribution >= 4 is 15.9 Å². The van der Waals surface area contributed by atoms with Crippen LogP contribution in [0.4, 0.5) is 0 Å². The van der Waals surface area contributed by atoms with Crippen LogP contribution in [0, 0.1) is 13.8 Å². The van der Waals surface area contributed by atoms with Gasteiger partial charge in [-0.05, 0) is 35.8 Å². The van der Waals surface area contributed by atoms with E-state index in [4.69, 9.17) is 0 Å². The van der Waals surface area contributed by atoms with E-state index in [2.05, 4.69) is 32.2 Å². The summed E-state index contributed by atoms with van der Waals surface area (Å²) in [6, 6.07) is 2.05. The summed E-state index contributed by atoms with van der Waals surface area (Å²) in [7, 11) is 0. The van der Waals surface area contributed by atoms with Crippen LogP contribution < -0.4 is 0 Å². The lowest BCUT2D eigenvalue weighted by Crippen LogP contribution is -2.11. The van der Waals surface area contributed by atoms with Crippen LogP contribution in [-0.2, 0) is 6.67 Å². The number of rotatable bonds is 2. The van der Waals surface area contributed by atoms with Crippen molar-refractivity contribution in [1.29, 1.82) is 0 Å². The predicted octanol–water partition coefficient (Wildman–Crippen LogP) is 1.96. The van der Waals surface area contributed by atoms with Gasteiger partial charge in [-0.15, -0.1) is 0 Å². The SMILES string of the molecule is Cc1cc(C)n(Cn2cc(Br)cn2)n1. The number of hydrogen-bond acceptors (Lipinski definition) is 2. The van der Waals surface area contributed by atoms with E-state index < -0.39 is 0 Å². The van der Waals surface area contributed by atoms with Gasteiger partial charge in [0.25, 0.3) is 0 Å². The van der Waals surface area contributed by atoms with Crippen LogP contribution in [0.1, 0.15) is 11.4 Å².